The number of rotatable bonds is 7. The van der Waals surface area contributed by atoms with E-state index in [1.54, 1.807) is 18.6 Å². The highest BCUT2D eigenvalue weighted by atomic mass is 35.5. The molecule has 0 atom stereocenters. The van der Waals surface area contributed by atoms with Gasteiger partial charge in [-0.25, -0.2) is 0 Å². The van der Waals surface area contributed by atoms with Crippen LogP contribution in [0.25, 0.3) is 0 Å². The summed E-state index contributed by atoms with van der Waals surface area (Å²) in [7, 11) is 2.88. The quantitative estimate of drug-likeness (QED) is 0.724. The van der Waals surface area contributed by atoms with E-state index in [2.05, 4.69) is 4.74 Å². The Bertz CT molecular complexity index is 435. The van der Waals surface area contributed by atoms with Crippen molar-refractivity contribution in [2.45, 2.75) is 6.42 Å². The lowest BCUT2D eigenvalue weighted by atomic mass is 10.3. The third kappa shape index (κ3) is 4.81. The molecule has 0 bridgehead atoms. The minimum atomic E-state index is -0.354. The number of nitrogens with zero attached hydrogens (tertiary/aromatic N) is 1. The zero-order valence-electron chi connectivity index (χ0n) is 10.8. The molecule has 106 valence electrons. The van der Waals surface area contributed by atoms with Crippen LogP contribution in [0.1, 0.15) is 16.1 Å². The molecule has 1 aromatic heterocycles. The second kappa shape index (κ2) is 8.14. The van der Waals surface area contributed by atoms with Crippen LogP contribution in [0.4, 0.5) is 0 Å². The Morgan fingerprint density at radius 2 is 2.11 bits per heavy atom. The maximum atomic E-state index is 12.3. The van der Waals surface area contributed by atoms with E-state index in [0.717, 1.165) is 0 Å². The van der Waals surface area contributed by atoms with Gasteiger partial charge in [0.25, 0.3) is 5.91 Å². The molecule has 0 N–H and O–H groups in total. The molecule has 0 unspecified atom stereocenters. The second-order valence-electron chi connectivity index (χ2n) is 3.71. The van der Waals surface area contributed by atoms with Crippen LogP contribution in [0.15, 0.2) is 11.4 Å². The zero-order chi connectivity index (χ0) is 14.3. The number of esters is 1. The molecule has 0 aromatic carbocycles. The predicted molar refractivity (Wildman–Crippen MR) is 73.7 cm³/mol. The molecule has 1 rings (SSSR count). The second-order valence-corrected chi connectivity index (χ2v) is 5.03. The average molecular weight is 306 g/mol. The topological polar surface area (TPSA) is 55.8 Å². The Morgan fingerprint density at radius 1 is 1.37 bits per heavy atom. The van der Waals surface area contributed by atoms with Gasteiger partial charge in [-0.2, -0.15) is 0 Å². The Kier molecular flexibility index (Phi) is 6.83. The van der Waals surface area contributed by atoms with Gasteiger partial charge in [0.15, 0.2) is 0 Å². The lowest BCUT2D eigenvalue weighted by molar-refractivity contribution is -0.140. The lowest BCUT2D eigenvalue weighted by Crippen LogP contribution is -2.35. The molecule has 0 aliphatic heterocycles. The summed E-state index contributed by atoms with van der Waals surface area (Å²) in [4.78, 5) is 25.4. The van der Waals surface area contributed by atoms with Gasteiger partial charge < -0.3 is 14.4 Å². The summed E-state index contributed by atoms with van der Waals surface area (Å²) in [6.07, 6.45) is 0.148. The number of halogens is 1. The van der Waals surface area contributed by atoms with E-state index in [4.69, 9.17) is 16.3 Å². The van der Waals surface area contributed by atoms with Crippen molar-refractivity contribution in [3.63, 3.8) is 0 Å². The first-order valence-corrected chi connectivity index (χ1v) is 6.94. The Balaban J connectivity index is 2.70. The molecule has 0 saturated heterocycles. The molecule has 0 saturated carbocycles. The lowest BCUT2D eigenvalue weighted by Gasteiger charge is -2.21. The summed E-state index contributed by atoms with van der Waals surface area (Å²) in [5, 5.41) is 2.18. The van der Waals surface area contributed by atoms with E-state index in [1.807, 2.05) is 0 Å². The van der Waals surface area contributed by atoms with E-state index in [1.165, 1.54) is 23.3 Å². The van der Waals surface area contributed by atoms with Crippen LogP contribution in [0.3, 0.4) is 0 Å². The first-order valence-electron chi connectivity index (χ1n) is 5.68. The number of carbonyl (C=O) groups excluding carboxylic acids is 2. The van der Waals surface area contributed by atoms with Crippen LogP contribution < -0.4 is 0 Å². The summed E-state index contributed by atoms with van der Waals surface area (Å²) in [5.74, 6) is -0.548. The van der Waals surface area contributed by atoms with Gasteiger partial charge in [0.05, 0.1) is 25.2 Å². The van der Waals surface area contributed by atoms with Crippen LogP contribution in [0.5, 0.6) is 0 Å². The number of hydrogen-bond acceptors (Lipinski definition) is 5. The fourth-order valence-electron chi connectivity index (χ4n) is 1.43. The first-order chi connectivity index (χ1) is 9.10. The van der Waals surface area contributed by atoms with Gasteiger partial charge in [-0.3, -0.25) is 9.59 Å². The SMILES string of the molecule is COCCN(CCC(=O)OC)C(=O)c1sccc1Cl. The van der Waals surface area contributed by atoms with E-state index in [0.29, 0.717) is 23.1 Å². The summed E-state index contributed by atoms with van der Waals surface area (Å²) < 4.78 is 9.53. The highest BCUT2D eigenvalue weighted by Crippen LogP contribution is 2.23. The standard InChI is InChI=1S/C12H16ClNO4S/c1-17-7-6-14(5-3-10(15)18-2)12(16)11-9(13)4-8-19-11/h4,8H,3,5-7H2,1-2H3. The number of hydrogen-bond donors (Lipinski definition) is 0. The van der Waals surface area contributed by atoms with Gasteiger partial charge >= 0.3 is 5.97 Å². The van der Waals surface area contributed by atoms with Crippen LogP contribution in [0.2, 0.25) is 5.02 Å². The first kappa shape index (κ1) is 15.9. The van der Waals surface area contributed by atoms with Crippen molar-refractivity contribution < 1.29 is 19.1 Å². The van der Waals surface area contributed by atoms with Crippen molar-refractivity contribution in [3.8, 4) is 0 Å². The van der Waals surface area contributed by atoms with Crippen molar-refractivity contribution in [2.75, 3.05) is 33.9 Å². The molecule has 7 heteroatoms. The zero-order valence-corrected chi connectivity index (χ0v) is 12.4. The molecular weight excluding hydrogens is 290 g/mol. The summed E-state index contributed by atoms with van der Waals surface area (Å²) >= 11 is 7.22. The normalized spacial score (nSPS) is 10.3. The highest BCUT2D eigenvalue weighted by molar-refractivity contribution is 7.12. The molecular formula is C12H16ClNO4S. The van der Waals surface area contributed by atoms with E-state index in [9.17, 15) is 9.59 Å². The monoisotopic (exact) mass is 305 g/mol. The minimum absolute atomic E-state index is 0.148. The predicted octanol–water partition coefficient (Wildman–Crippen LogP) is 2.05. The third-order valence-electron chi connectivity index (χ3n) is 2.48. The Labute approximate surface area is 121 Å². The molecule has 0 radical (unpaired) electrons. The molecule has 19 heavy (non-hydrogen) atoms. The summed E-state index contributed by atoms with van der Waals surface area (Å²) in [6, 6.07) is 1.67. The number of ether oxygens (including phenoxy) is 2. The molecule has 1 heterocycles. The molecule has 1 aromatic rings. The van der Waals surface area contributed by atoms with Crippen molar-refractivity contribution in [2.24, 2.45) is 0 Å². The molecule has 0 aliphatic carbocycles. The van der Waals surface area contributed by atoms with Gasteiger partial charge in [0.1, 0.15) is 4.88 Å². The maximum absolute atomic E-state index is 12.3. The number of amides is 1. The van der Waals surface area contributed by atoms with Crippen molar-refractivity contribution >= 4 is 34.8 Å². The fourth-order valence-corrected chi connectivity index (χ4v) is 2.54. The minimum Gasteiger partial charge on any atom is -0.469 e. The largest absolute Gasteiger partial charge is 0.469 e. The van der Waals surface area contributed by atoms with Crippen LogP contribution in [-0.4, -0.2) is 50.7 Å². The van der Waals surface area contributed by atoms with E-state index < -0.39 is 0 Å². The molecule has 1 amide bonds. The fraction of sp³-hybridized carbons (Fsp3) is 0.500. The van der Waals surface area contributed by atoms with Crippen molar-refractivity contribution in [1.29, 1.82) is 0 Å². The smallest absolute Gasteiger partial charge is 0.307 e. The van der Waals surface area contributed by atoms with Crippen molar-refractivity contribution in [1.82, 2.24) is 4.90 Å². The number of thiophene rings is 1. The van der Waals surface area contributed by atoms with Crippen LogP contribution in [0, 0.1) is 0 Å². The summed E-state index contributed by atoms with van der Waals surface area (Å²) in [5.41, 5.74) is 0. The van der Waals surface area contributed by atoms with Crippen molar-refractivity contribution in [3.05, 3.63) is 21.3 Å². The highest BCUT2D eigenvalue weighted by Gasteiger charge is 2.20. The van der Waals surface area contributed by atoms with Crippen LogP contribution >= 0.6 is 22.9 Å². The number of methoxy groups -OCH3 is 2. The Hall–Kier alpha value is -1.11. The maximum Gasteiger partial charge on any atom is 0.307 e. The van der Waals surface area contributed by atoms with Crippen LogP contribution in [-0.2, 0) is 14.3 Å². The molecule has 5 nitrogen and oxygen atoms in total. The van der Waals surface area contributed by atoms with E-state index >= 15 is 0 Å². The molecule has 0 fully saturated rings. The van der Waals surface area contributed by atoms with Gasteiger partial charge in [0, 0.05) is 20.2 Å². The number of carbonyl (C=O) groups is 2. The Morgan fingerprint density at radius 3 is 2.63 bits per heavy atom. The summed E-state index contributed by atoms with van der Waals surface area (Å²) in [6.45, 7) is 1.08. The molecule has 0 spiro atoms. The molecule has 0 aliphatic rings. The van der Waals surface area contributed by atoms with Gasteiger partial charge in [0.2, 0.25) is 0 Å². The van der Waals surface area contributed by atoms with Gasteiger partial charge in [-0.15, -0.1) is 11.3 Å². The van der Waals surface area contributed by atoms with E-state index in [-0.39, 0.29) is 24.8 Å². The average Bonchev–Trinajstić information content (AvgIpc) is 2.84. The van der Waals surface area contributed by atoms with Gasteiger partial charge in [-0.1, -0.05) is 11.6 Å². The third-order valence-corrected chi connectivity index (χ3v) is 3.81. The van der Waals surface area contributed by atoms with Gasteiger partial charge in [-0.05, 0) is 11.4 Å².